The van der Waals surface area contributed by atoms with Crippen LogP contribution in [0.1, 0.15) is 38.5 Å². The van der Waals surface area contributed by atoms with Gasteiger partial charge in [0.1, 0.15) is 0 Å². The molecule has 0 atom stereocenters. The Kier molecular flexibility index (Phi) is 4.53. The van der Waals surface area contributed by atoms with E-state index in [9.17, 15) is 0 Å². The van der Waals surface area contributed by atoms with Crippen LogP contribution in [-0.4, -0.2) is 29.2 Å². The number of fused-ring (bicyclic) bond motifs is 1. The maximum atomic E-state index is 5.95. The molecule has 1 fully saturated rings. The molecule has 1 aliphatic carbocycles. The molecule has 2 aromatic rings. The van der Waals surface area contributed by atoms with Crippen LogP contribution in [0, 0.1) is 0 Å². The summed E-state index contributed by atoms with van der Waals surface area (Å²) in [6, 6.07) is 8.07. The summed E-state index contributed by atoms with van der Waals surface area (Å²) in [5.74, 6) is 0.829. The van der Waals surface area contributed by atoms with Crippen LogP contribution in [0.3, 0.4) is 0 Å². The highest BCUT2D eigenvalue weighted by molar-refractivity contribution is 5.77. The number of ether oxygens (including phenoxy) is 1. The number of H-pyrrole nitrogens is 1. The number of nitrogens with one attached hydrogen (secondary N) is 2. The Morgan fingerprint density at radius 2 is 1.95 bits per heavy atom. The van der Waals surface area contributed by atoms with Gasteiger partial charge in [0.15, 0.2) is 0 Å². The topological polar surface area (TPSA) is 49.9 Å². The summed E-state index contributed by atoms with van der Waals surface area (Å²) in [6.07, 6.45) is 8.31. The van der Waals surface area contributed by atoms with E-state index in [0.717, 1.165) is 30.1 Å². The Bertz CT molecular complexity index is 496. The van der Waals surface area contributed by atoms with Crippen LogP contribution >= 0.6 is 0 Å². The number of benzene rings is 1. The summed E-state index contributed by atoms with van der Waals surface area (Å²) in [5, 5.41) is 3.30. The van der Waals surface area contributed by atoms with Gasteiger partial charge in [0.25, 0.3) is 0 Å². The summed E-state index contributed by atoms with van der Waals surface area (Å²) in [7, 11) is 0. The Balaban J connectivity index is 1.43. The van der Waals surface area contributed by atoms with E-state index < -0.39 is 0 Å². The Labute approximate surface area is 119 Å². The van der Waals surface area contributed by atoms with E-state index in [1.165, 1.54) is 38.5 Å². The molecule has 1 heterocycles. The fraction of sp³-hybridized carbons (Fsp3) is 0.562. The maximum Gasteiger partial charge on any atom is 0.201 e. The third kappa shape index (κ3) is 3.51. The molecule has 1 saturated carbocycles. The van der Waals surface area contributed by atoms with Crippen LogP contribution in [-0.2, 0) is 4.74 Å². The van der Waals surface area contributed by atoms with Gasteiger partial charge in [0, 0.05) is 6.54 Å². The fourth-order valence-electron chi connectivity index (χ4n) is 2.84. The van der Waals surface area contributed by atoms with Crippen molar-refractivity contribution in [3.8, 4) is 0 Å². The molecule has 1 aliphatic rings. The SMILES string of the molecule is c1ccc2[nH]c(NCCOC3CCCCCC3)nc2c1. The first-order valence-corrected chi connectivity index (χ1v) is 7.72. The van der Waals surface area contributed by atoms with Crippen molar-refractivity contribution < 1.29 is 4.74 Å². The van der Waals surface area contributed by atoms with Crippen molar-refractivity contribution in [2.45, 2.75) is 44.6 Å². The maximum absolute atomic E-state index is 5.95. The van der Waals surface area contributed by atoms with Gasteiger partial charge in [-0.05, 0) is 25.0 Å². The van der Waals surface area contributed by atoms with Crippen LogP contribution < -0.4 is 5.32 Å². The molecule has 4 nitrogen and oxygen atoms in total. The first-order chi connectivity index (χ1) is 9.92. The minimum atomic E-state index is 0.468. The predicted octanol–water partition coefficient (Wildman–Crippen LogP) is 3.71. The molecule has 0 spiro atoms. The molecule has 0 saturated heterocycles. The number of hydrogen-bond donors (Lipinski definition) is 2. The second-order valence-corrected chi connectivity index (χ2v) is 5.51. The second-order valence-electron chi connectivity index (χ2n) is 5.51. The average Bonchev–Trinajstić information content (AvgIpc) is 2.70. The van der Waals surface area contributed by atoms with Crippen LogP contribution in [0.2, 0.25) is 0 Å². The van der Waals surface area contributed by atoms with Crippen molar-refractivity contribution in [1.29, 1.82) is 0 Å². The van der Waals surface area contributed by atoms with Crippen LogP contribution in [0.15, 0.2) is 24.3 Å². The monoisotopic (exact) mass is 273 g/mol. The molecular formula is C16H23N3O. The third-order valence-electron chi connectivity index (χ3n) is 3.94. The van der Waals surface area contributed by atoms with Crippen LogP contribution in [0.4, 0.5) is 5.95 Å². The highest BCUT2D eigenvalue weighted by atomic mass is 16.5. The molecule has 0 radical (unpaired) electrons. The van der Waals surface area contributed by atoms with Gasteiger partial charge in [-0.2, -0.15) is 0 Å². The molecule has 1 aromatic heterocycles. The normalized spacial score (nSPS) is 17.2. The minimum absolute atomic E-state index is 0.468. The summed E-state index contributed by atoms with van der Waals surface area (Å²) >= 11 is 0. The lowest BCUT2D eigenvalue weighted by Gasteiger charge is -2.15. The van der Waals surface area contributed by atoms with Gasteiger partial charge in [-0.3, -0.25) is 0 Å². The van der Waals surface area contributed by atoms with Gasteiger partial charge < -0.3 is 15.0 Å². The quantitative estimate of drug-likeness (QED) is 0.645. The second kappa shape index (κ2) is 6.75. The fourth-order valence-corrected chi connectivity index (χ4v) is 2.84. The summed E-state index contributed by atoms with van der Waals surface area (Å²) in [6.45, 7) is 1.55. The lowest BCUT2D eigenvalue weighted by Crippen LogP contribution is -2.17. The van der Waals surface area contributed by atoms with E-state index in [2.05, 4.69) is 15.3 Å². The number of hydrogen-bond acceptors (Lipinski definition) is 3. The van der Waals surface area contributed by atoms with Crippen LogP contribution in [0.5, 0.6) is 0 Å². The van der Waals surface area contributed by atoms with E-state index in [0.29, 0.717) is 6.10 Å². The smallest absolute Gasteiger partial charge is 0.201 e. The average molecular weight is 273 g/mol. The zero-order valence-electron chi connectivity index (χ0n) is 11.9. The highest BCUT2D eigenvalue weighted by Crippen LogP contribution is 2.19. The third-order valence-corrected chi connectivity index (χ3v) is 3.94. The van der Waals surface area contributed by atoms with E-state index in [-0.39, 0.29) is 0 Å². The number of para-hydroxylation sites is 2. The van der Waals surface area contributed by atoms with Crippen molar-refractivity contribution >= 4 is 17.0 Å². The van der Waals surface area contributed by atoms with Crippen molar-refractivity contribution in [2.75, 3.05) is 18.5 Å². The molecule has 0 unspecified atom stereocenters. The lowest BCUT2D eigenvalue weighted by molar-refractivity contribution is 0.0501. The van der Waals surface area contributed by atoms with Crippen molar-refractivity contribution in [3.05, 3.63) is 24.3 Å². The Morgan fingerprint density at radius 3 is 2.75 bits per heavy atom. The van der Waals surface area contributed by atoms with E-state index in [1.807, 2.05) is 24.3 Å². The van der Waals surface area contributed by atoms with Crippen molar-refractivity contribution in [3.63, 3.8) is 0 Å². The molecule has 4 heteroatoms. The molecule has 108 valence electrons. The van der Waals surface area contributed by atoms with Crippen molar-refractivity contribution in [2.24, 2.45) is 0 Å². The molecule has 1 aromatic carbocycles. The number of aromatic nitrogens is 2. The van der Waals surface area contributed by atoms with E-state index >= 15 is 0 Å². The number of imidazole rings is 1. The number of anilines is 1. The number of aromatic amines is 1. The molecule has 2 N–H and O–H groups in total. The van der Waals surface area contributed by atoms with Crippen LogP contribution in [0.25, 0.3) is 11.0 Å². The minimum Gasteiger partial charge on any atom is -0.376 e. The molecule has 0 amide bonds. The Hall–Kier alpha value is -1.55. The molecule has 0 bridgehead atoms. The molecule has 0 aliphatic heterocycles. The number of nitrogens with zero attached hydrogens (tertiary/aromatic N) is 1. The van der Waals surface area contributed by atoms with Crippen molar-refractivity contribution in [1.82, 2.24) is 9.97 Å². The Morgan fingerprint density at radius 1 is 1.15 bits per heavy atom. The summed E-state index contributed by atoms with van der Waals surface area (Å²) < 4.78 is 5.95. The van der Waals surface area contributed by atoms with Gasteiger partial charge in [-0.1, -0.05) is 37.8 Å². The number of rotatable bonds is 5. The summed E-state index contributed by atoms with van der Waals surface area (Å²) in [4.78, 5) is 7.76. The molecular weight excluding hydrogens is 250 g/mol. The molecule has 20 heavy (non-hydrogen) atoms. The van der Waals surface area contributed by atoms with Gasteiger partial charge in [0.2, 0.25) is 5.95 Å². The zero-order valence-corrected chi connectivity index (χ0v) is 11.9. The highest BCUT2D eigenvalue weighted by Gasteiger charge is 2.12. The van der Waals surface area contributed by atoms with Gasteiger partial charge in [-0.25, -0.2) is 4.98 Å². The van der Waals surface area contributed by atoms with Gasteiger partial charge >= 0.3 is 0 Å². The zero-order chi connectivity index (χ0) is 13.6. The summed E-state index contributed by atoms with van der Waals surface area (Å²) in [5.41, 5.74) is 2.07. The largest absolute Gasteiger partial charge is 0.376 e. The first kappa shape index (κ1) is 13.4. The molecule has 3 rings (SSSR count). The van der Waals surface area contributed by atoms with Gasteiger partial charge in [0.05, 0.1) is 23.7 Å². The lowest BCUT2D eigenvalue weighted by atomic mass is 10.1. The van der Waals surface area contributed by atoms with Gasteiger partial charge in [-0.15, -0.1) is 0 Å². The first-order valence-electron chi connectivity index (χ1n) is 7.72. The van der Waals surface area contributed by atoms with E-state index in [1.54, 1.807) is 0 Å². The standard InChI is InChI=1S/C16H23N3O/c1-2-4-8-13(7-3-1)20-12-11-17-16-18-14-9-5-6-10-15(14)19-16/h5-6,9-10,13H,1-4,7-8,11-12H2,(H2,17,18,19). The van der Waals surface area contributed by atoms with E-state index in [4.69, 9.17) is 4.74 Å². The predicted molar refractivity (Wildman–Crippen MR) is 82.0 cm³/mol.